The fourth-order valence-corrected chi connectivity index (χ4v) is 2.22. The maximum atomic E-state index is 11.8. The number of hydrogen-bond donors (Lipinski definition) is 1. The van der Waals surface area contributed by atoms with Crippen LogP contribution in [0.5, 0.6) is 0 Å². The molecule has 1 atom stereocenters. The van der Waals surface area contributed by atoms with E-state index in [4.69, 9.17) is 4.74 Å². The zero-order chi connectivity index (χ0) is 10.4. The Bertz CT molecular complexity index is 180. The molecule has 0 saturated carbocycles. The fraction of sp³-hybridized carbons (Fsp3) is 0.909. The first kappa shape index (κ1) is 11.5. The predicted octanol–water partition coefficient (Wildman–Crippen LogP) is 1.72. The summed E-state index contributed by atoms with van der Waals surface area (Å²) in [5, 5.41) is 3.30. The van der Waals surface area contributed by atoms with Crippen molar-refractivity contribution in [3.05, 3.63) is 0 Å². The Labute approximate surface area is 86.2 Å². The molecule has 3 heteroatoms. The number of nitrogens with one attached hydrogen (secondary N) is 1. The minimum absolute atomic E-state index is 0.00551. The van der Waals surface area contributed by atoms with Gasteiger partial charge in [-0.25, -0.2) is 0 Å². The van der Waals surface area contributed by atoms with Gasteiger partial charge in [-0.2, -0.15) is 0 Å². The summed E-state index contributed by atoms with van der Waals surface area (Å²) in [5.74, 6) is -0.00551. The van der Waals surface area contributed by atoms with Crippen molar-refractivity contribution >= 4 is 5.97 Å². The Morgan fingerprint density at radius 1 is 1.50 bits per heavy atom. The van der Waals surface area contributed by atoms with E-state index in [0.29, 0.717) is 6.61 Å². The third-order valence-electron chi connectivity index (χ3n) is 2.91. The van der Waals surface area contributed by atoms with Crippen LogP contribution in [0.4, 0.5) is 0 Å². The molecule has 0 amide bonds. The molecular weight excluding hydrogens is 178 g/mol. The highest BCUT2D eigenvalue weighted by Gasteiger charge is 2.39. The van der Waals surface area contributed by atoms with Crippen LogP contribution >= 0.6 is 0 Å². The van der Waals surface area contributed by atoms with E-state index in [9.17, 15) is 4.79 Å². The van der Waals surface area contributed by atoms with Crippen LogP contribution in [0.15, 0.2) is 0 Å². The summed E-state index contributed by atoms with van der Waals surface area (Å²) >= 11 is 0. The van der Waals surface area contributed by atoms with E-state index in [0.717, 1.165) is 38.8 Å². The van der Waals surface area contributed by atoms with Crippen LogP contribution in [0.2, 0.25) is 0 Å². The van der Waals surface area contributed by atoms with Crippen LogP contribution in [-0.2, 0) is 9.53 Å². The highest BCUT2D eigenvalue weighted by Crippen LogP contribution is 2.32. The SMILES string of the molecule is CCCC1(C(=O)OCC)CCCNC1. The molecule has 0 bridgehead atoms. The molecule has 82 valence electrons. The van der Waals surface area contributed by atoms with E-state index < -0.39 is 0 Å². The molecule has 1 unspecified atom stereocenters. The minimum atomic E-state index is -0.233. The summed E-state index contributed by atoms with van der Waals surface area (Å²) in [5.41, 5.74) is -0.233. The number of hydrogen-bond acceptors (Lipinski definition) is 3. The molecule has 1 saturated heterocycles. The summed E-state index contributed by atoms with van der Waals surface area (Å²) < 4.78 is 5.16. The summed E-state index contributed by atoms with van der Waals surface area (Å²) in [6.07, 6.45) is 4.05. The molecule has 1 aliphatic heterocycles. The molecule has 14 heavy (non-hydrogen) atoms. The zero-order valence-corrected chi connectivity index (χ0v) is 9.27. The number of ether oxygens (including phenoxy) is 1. The second-order valence-electron chi connectivity index (χ2n) is 4.03. The van der Waals surface area contributed by atoms with Crippen LogP contribution in [0.3, 0.4) is 0 Å². The van der Waals surface area contributed by atoms with Gasteiger partial charge in [-0.05, 0) is 32.7 Å². The lowest BCUT2D eigenvalue weighted by atomic mass is 9.77. The van der Waals surface area contributed by atoms with Crippen molar-refractivity contribution in [2.75, 3.05) is 19.7 Å². The Morgan fingerprint density at radius 3 is 2.79 bits per heavy atom. The molecule has 0 spiro atoms. The van der Waals surface area contributed by atoms with Crippen molar-refractivity contribution in [3.63, 3.8) is 0 Å². The first-order valence-electron chi connectivity index (χ1n) is 5.63. The molecule has 1 rings (SSSR count). The third kappa shape index (κ3) is 2.47. The van der Waals surface area contributed by atoms with Crippen molar-refractivity contribution in [1.29, 1.82) is 0 Å². The number of carbonyl (C=O) groups excluding carboxylic acids is 1. The number of esters is 1. The molecule has 0 aromatic heterocycles. The van der Waals surface area contributed by atoms with E-state index in [1.165, 1.54) is 0 Å². The van der Waals surface area contributed by atoms with Gasteiger partial charge in [-0.1, -0.05) is 13.3 Å². The van der Waals surface area contributed by atoms with Gasteiger partial charge in [0.05, 0.1) is 12.0 Å². The van der Waals surface area contributed by atoms with Gasteiger partial charge in [0, 0.05) is 6.54 Å². The Hall–Kier alpha value is -0.570. The molecule has 0 radical (unpaired) electrons. The lowest BCUT2D eigenvalue weighted by Gasteiger charge is -2.35. The molecule has 3 nitrogen and oxygen atoms in total. The van der Waals surface area contributed by atoms with Crippen molar-refractivity contribution in [2.45, 2.75) is 39.5 Å². The highest BCUT2D eigenvalue weighted by molar-refractivity contribution is 5.77. The normalized spacial score (nSPS) is 27.3. The average molecular weight is 199 g/mol. The second-order valence-corrected chi connectivity index (χ2v) is 4.03. The van der Waals surface area contributed by atoms with Crippen molar-refractivity contribution < 1.29 is 9.53 Å². The topological polar surface area (TPSA) is 38.3 Å². The predicted molar refractivity (Wildman–Crippen MR) is 56.1 cm³/mol. The Morgan fingerprint density at radius 2 is 2.29 bits per heavy atom. The van der Waals surface area contributed by atoms with E-state index in [1.54, 1.807) is 0 Å². The lowest BCUT2D eigenvalue weighted by molar-refractivity contribution is -0.157. The van der Waals surface area contributed by atoms with Crippen LogP contribution in [0, 0.1) is 5.41 Å². The van der Waals surface area contributed by atoms with Crippen LogP contribution in [-0.4, -0.2) is 25.7 Å². The Balaban J connectivity index is 2.63. The molecular formula is C11H21NO2. The second kappa shape index (κ2) is 5.35. The molecule has 0 aliphatic carbocycles. The zero-order valence-electron chi connectivity index (χ0n) is 9.27. The van der Waals surface area contributed by atoms with Crippen LogP contribution in [0.25, 0.3) is 0 Å². The van der Waals surface area contributed by atoms with Gasteiger partial charge in [-0.15, -0.1) is 0 Å². The Kier molecular flexibility index (Phi) is 4.39. The van der Waals surface area contributed by atoms with E-state index >= 15 is 0 Å². The average Bonchev–Trinajstić information content (AvgIpc) is 2.20. The van der Waals surface area contributed by atoms with E-state index in [2.05, 4.69) is 12.2 Å². The maximum absolute atomic E-state index is 11.8. The van der Waals surface area contributed by atoms with Gasteiger partial charge >= 0.3 is 5.97 Å². The monoisotopic (exact) mass is 199 g/mol. The van der Waals surface area contributed by atoms with Gasteiger partial charge < -0.3 is 10.1 Å². The molecule has 1 aliphatic rings. The van der Waals surface area contributed by atoms with E-state index in [-0.39, 0.29) is 11.4 Å². The summed E-state index contributed by atoms with van der Waals surface area (Å²) in [6.45, 7) is 6.30. The molecule has 1 heterocycles. The van der Waals surface area contributed by atoms with Gasteiger partial charge in [-0.3, -0.25) is 4.79 Å². The molecule has 0 aromatic rings. The first-order valence-corrected chi connectivity index (χ1v) is 5.63. The quantitative estimate of drug-likeness (QED) is 0.701. The highest BCUT2D eigenvalue weighted by atomic mass is 16.5. The first-order chi connectivity index (χ1) is 6.75. The van der Waals surface area contributed by atoms with Gasteiger partial charge in [0.2, 0.25) is 0 Å². The van der Waals surface area contributed by atoms with Gasteiger partial charge in [0.1, 0.15) is 0 Å². The number of carbonyl (C=O) groups is 1. The molecule has 0 aromatic carbocycles. The van der Waals surface area contributed by atoms with Gasteiger partial charge in [0.15, 0.2) is 0 Å². The lowest BCUT2D eigenvalue weighted by Crippen LogP contribution is -2.46. The number of piperidine rings is 1. The third-order valence-corrected chi connectivity index (χ3v) is 2.91. The summed E-state index contributed by atoms with van der Waals surface area (Å²) in [7, 11) is 0. The van der Waals surface area contributed by atoms with E-state index in [1.807, 2.05) is 6.92 Å². The standard InChI is InChI=1S/C11H21NO2/c1-3-6-11(10(13)14-4-2)7-5-8-12-9-11/h12H,3-9H2,1-2H3. The summed E-state index contributed by atoms with van der Waals surface area (Å²) in [4.78, 5) is 11.8. The van der Waals surface area contributed by atoms with Crippen molar-refractivity contribution in [3.8, 4) is 0 Å². The largest absolute Gasteiger partial charge is 0.466 e. The van der Waals surface area contributed by atoms with Crippen molar-refractivity contribution in [2.24, 2.45) is 5.41 Å². The van der Waals surface area contributed by atoms with Crippen molar-refractivity contribution in [1.82, 2.24) is 5.32 Å². The summed E-state index contributed by atoms with van der Waals surface area (Å²) in [6, 6.07) is 0. The number of rotatable bonds is 4. The van der Waals surface area contributed by atoms with Gasteiger partial charge in [0.25, 0.3) is 0 Å². The maximum Gasteiger partial charge on any atom is 0.313 e. The smallest absolute Gasteiger partial charge is 0.313 e. The molecule has 1 fully saturated rings. The van der Waals surface area contributed by atoms with Crippen LogP contribution in [0.1, 0.15) is 39.5 Å². The molecule has 1 N–H and O–H groups in total. The fourth-order valence-electron chi connectivity index (χ4n) is 2.22. The minimum Gasteiger partial charge on any atom is -0.466 e. The van der Waals surface area contributed by atoms with Crippen LogP contribution < -0.4 is 5.32 Å².